The number of hydrogen-bond acceptors (Lipinski definition) is 3. The van der Waals surface area contributed by atoms with Crippen LogP contribution in [0.5, 0.6) is 11.5 Å². The molecule has 0 amide bonds. The highest BCUT2D eigenvalue weighted by Crippen LogP contribution is 2.49. The average molecular weight is 334 g/mol. The minimum atomic E-state index is -0.370. The van der Waals surface area contributed by atoms with Gasteiger partial charge in [-0.2, -0.15) is 0 Å². The highest BCUT2D eigenvalue weighted by molar-refractivity contribution is 6.08. The Morgan fingerprint density at radius 2 is 1.20 bits per heavy atom. The van der Waals surface area contributed by atoms with Gasteiger partial charge in [0.25, 0.3) is 0 Å². The summed E-state index contributed by atoms with van der Waals surface area (Å²) >= 11 is 0. The van der Waals surface area contributed by atoms with E-state index in [1.807, 2.05) is 0 Å². The van der Waals surface area contributed by atoms with Gasteiger partial charge in [0, 0.05) is 0 Å². The lowest BCUT2D eigenvalue weighted by molar-refractivity contribution is -0.228. The molecule has 25 heavy (non-hydrogen) atoms. The van der Waals surface area contributed by atoms with E-state index < -0.39 is 0 Å². The van der Waals surface area contributed by atoms with Crippen molar-refractivity contribution < 1.29 is 14.2 Å². The van der Waals surface area contributed by atoms with E-state index in [2.05, 4.69) is 52.1 Å². The van der Waals surface area contributed by atoms with Gasteiger partial charge in [-0.25, -0.2) is 0 Å². The minimum Gasteiger partial charge on any atom is -0.459 e. The molecule has 0 saturated heterocycles. The molecule has 2 heterocycles. The van der Waals surface area contributed by atoms with Crippen molar-refractivity contribution in [3.63, 3.8) is 0 Å². The van der Waals surface area contributed by atoms with E-state index in [4.69, 9.17) is 14.2 Å². The smallest absolute Gasteiger partial charge is 0.233 e. The number of hydrogen-bond donors (Lipinski definition) is 0. The molecule has 2 unspecified atom stereocenters. The van der Waals surface area contributed by atoms with Crippen molar-refractivity contribution in [2.24, 2.45) is 0 Å². The zero-order valence-corrected chi connectivity index (χ0v) is 15.1. The van der Waals surface area contributed by atoms with Crippen LogP contribution in [-0.2, 0) is 17.6 Å². The molecule has 3 nitrogen and oxygen atoms in total. The molecular weight excluding hydrogens is 310 g/mol. The molecule has 0 aromatic heterocycles. The summed E-state index contributed by atoms with van der Waals surface area (Å²) in [6.07, 6.45) is 5.99. The first-order chi connectivity index (χ1) is 12.3. The molecule has 0 aliphatic carbocycles. The largest absolute Gasteiger partial charge is 0.459 e. The van der Waals surface area contributed by atoms with Crippen LogP contribution in [0.1, 0.15) is 47.7 Å². The van der Waals surface area contributed by atoms with Crippen molar-refractivity contribution in [2.45, 2.75) is 50.9 Å². The summed E-state index contributed by atoms with van der Waals surface area (Å²) in [6.45, 7) is 0. The van der Waals surface area contributed by atoms with Gasteiger partial charge in [-0.1, -0.05) is 49.7 Å². The molecule has 2 aromatic carbocycles. The first-order valence-corrected chi connectivity index (χ1v) is 9.54. The van der Waals surface area contributed by atoms with Gasteiger partial charge in [0.15, 0.2) is 0 Å². The van der Waals surface area contributed by atoms with Crippen molar-refractivity contribution >= 4 is 15.7 Å². The lowest BCUT2D eigenvalue weighted by Crippen LogP contribution is -2.31. The molecule has 2 aromatic rings. The van der Waals surface area contributed by atoms with Crippen LogP contribution in [0.3, 0.4) is 0 Å². The summed E-state index contributed by atoms with van der Waals surface area (Å²) in [5, 5.41) is 0. The molecule has 0 N–H and O–H groups in total. The molecule has 0 radical (unpaired) electrons. The van der Waals surface area contributed by atoms with Crippen LogP contribution in [0, 0.1) is 0 Å². The lowest BCUT2D eigenvalue weighted by Gasteiger charge is -2.39. The summed E-state index contributed by atoms with van der Waals surface area (Å²) in [5.41, 5.74) is 4.54. The average Bonchev–Trinajstić information content (AvgIpc) is 2.65. The summed E-state index contributed by atoms with van der Waals surface area (Å²) in [6, 6.07) is 12.6. The number of benzene rings is 2. The van der Waals surface area contributed by atoms with Gasteiger partial charge in [-0.05, 0) is 36.1 Å². The zero-order chi connectivity index (χ0) is 17.2. The molecular formula is C20H24B2O3. The number of fused-ring (bicyclic) bond motifs is 6. The van der Waals surface area contributed by atoms with E-state index in [1.54, 1.807) is 0 Å². The zero-order valence-electron chi connectivity index (χ0n) is 15.1. The Hall–Kier alpha value is -1.87. The summed E-state index contributed by atoms with van der Waals surface area (Å²) < 4.78 is 18.7. The quantitative estimate of drug-likeness (QED) is 0.760. The standard InChI is InChI=1S/C20H24B2O3/c21-11-3-7-13-5-1-9-15-17(13)23-20-16-10-2-6-14(8-4-12-22)18(16)24-19(15)25-20/h1-2,5-6,9-10,19-20H,3-4,7-8,11-12,21-22H2. The molecule has 128 valence electrons. The van der Waals surface area contributed by atoms with Gasteiger partial charge in [0.2, 0.25) is 12.6 Å². The third-order valence-corrected chi connectivity index (χ3v) is 5.06. The van der Waals surface area contributed by atoms with Crippen molar-refractivity contribution in [3.05, 3.63) is 58.7 Å². The fraction of sp³-hybridized carbons (Fsp3) is 0.400. The van der Waals surface area contributed by atoms with E-state index >= 15 is 0 Å². The van der Waals surface area contributed by atoms with Crippen molar-refractivity contribution in [1.82, 2.24) is 0 Å². The van der Waals surface area contributed by atoms with E-state index in [1.165, 1.54) is 23.8 Å². The molecule has 0 fully saturated rings. The van der Waals surface area contributed by atoms with E-state index in [0.717, 1.165) is 48.3 Å². The Kier molecular flexibility index (Phi) is 4.76. The second kappa shape index (κ2) is 7.17. The van der Waals surface area contributed by atoms with Crippen molar-refractivity contribution in [1.29, 1.82) is 0 Å². The van der Waals surface area contributed by atoms with Crippen LogP contribution in [-0.4, -0.2) is 15.7 Å². The van der Waals surface area contributed by atoms with E-state index in [-0.39, 0.29) is 12.6 Å². The van der Waals surface area contributed by atoms with Crippen LogP contribution < -0.4 is 9.47 Å². The van der Waals surface area contributed by atoms with Crippen LogP contribution >= 0.6 is 0 Å². The Labute approximate surface area is 151 Å². The van der Waals surface area contributed by atoms with Gasteiger partial charge in [0.05, 0.1) is 11.1 Å². The van der Waals surface area contributed by atoms with Crippen LogP contribution in [0.4, 0.5) is 0 Å². The van der Waals surface area contributed by atoms with E-state index in [0.29, 0.717) is 0 Å². The maximum absolute atomic E-state index is 6.31. The number of ether oxygens (including phenoxy) is 3. The Bertz CT molecular complexity index is 699. The third-order valence-electron chi connectivity index (χ3n) is 5.06. The minimum absolute atomic E-state index is 0.370. The van der Waals surface area contributed by atoms with Gasteiger partial charge in [-0.15, -0.1) is 0 Å². The maximum atomic E-state index is 6.31. The van der Waals surface area contributed by atoms with Crippen LogP contribution in [0.25, 0.3) is 0 Å². The molecule has 4 rings (SSSR count). The summed E-state index contributed by atoms with van der Waals surface area (Å²) in [5.74, 6) is 1.92. The van der Waals surface area contributed by atoms with Gasteiger partial charge in [-0.3, -0.25) is 4.74 Å². The fourth-order valence-electron chi connectivity index (χ4n) is 3.65. The molecule has 0 saturated carbocycles. The highest BCUT2D eigenvalue weighted by Gasteiger charge is 2.39. The predicted molar refractivity (Wildman–Crippen MR) is 104 cm³/mol. The van der Waals surface area contributed by atoms with Gasteiger partial charge < -0.3 is 9.47 Å². The lowest BCUT2D eigenvalue weighted by atomic mass is 9.94. The summed E-state index contributed by atoms with van der Waals surface area (Å²) in [4.78, 5) is 0. The first kappa shape index (κ1) is 16.6. The predicted octanol–water partition coefficient (Wildman–Crippen LogP) is 3.15. The molecule has 2 aliphatic heterocycles. The number of aryl methyl sites for hydroxylation is 2. The number of para-hydroxylation sites is 2. The molecule has 2 aliphatic rings. The van der Waals surface area contributed by atoms with Crippen LogP contribution in [0.2, 0.25) is 12.6 Å². The van der Waals surface area contributed by atoms with E-state index in [9.17, 15) is 0 Å². The van der Waals surface area contributed by atoms with Crippen molar-refractivity contribution in [2.75, 3.05) is 0 Å². The highest BCUT2D eigenvalue weighted by atomic mass is 16.8. The van der Waals surface area contributed by atoms with Crippen molar-refractivity contribution in [3.8, 4) is 11.5 Å². The topological polar surface area (TPSA) is 27.7 Å². The third kappa shape index (κ3) is 3.06. The maximum Gasteiger partial charge on any atom is 0.233 e. The molecule has 2 bridgehead atoms. The SMILES string of the molecule is BCCCc1cccc2c1OC1OC2Oc2c(CCCB)cccc21. The monoisotopic (exact) mass is 334 g/mol. The van der Waals surface area contributed by atoms with Gasteiger partial charge in [0.1, 0.15) is 27.2 Å². The Morgan fingerprint density at radius 1 is 0.720 bits per heavy atom. The molecule has 2 atom stereocenters. The Balaban J connectivity index is 1.69. The second-order valence-electron chi connectivity index (χ2n) is 6.91. The first-order valence-electron chi connectivity index (χ1n) is 9.54. The normalized spacial score (nSPS) is 20.2. The Morgan fingerprint density at radius 3 is 1.64 bits per heavy atom. The fourth-order valence-corrected chi connectivity index (χ4v) is 3.65. The second-order valence-corrected chi connectivity index (χ2v) is 6.91. The van der Waals surface area contributed by atoms with Gasteiger partial charge >= 0.3 is 0 Å². The summed E-state index contributed by atoms with van der Waals surface area (Å²) in [7, 11) is 4.43. The molecule has 5 heteroatoms. The molecule has 0 spiro atoms. The van der Waals surface area contributed by atoms with Crippen LogP contribution in [0.15, 0.2) is 36.4 Å². The number of rotatable bonds is 6.